The maximum atomic E-state index is 5.98. The van der Waals surface area contributed by atoms with Crippen LogP contribution >= 0.6 is 10.2 Å². The van der Waals surface area contributed by atoms with E-state index in [1.807, 2.05) is 11.9 Å². The molecule has 92 valence electrons. The minimum Gasteiger partial charge on any atom is -0.369 e. The Labute approximate surface area is 96.6 Å². The van der Waals surface area contributed by atoms with Crippen LogP contribution in [-0.4, -0.2) is 42.7 Å². The molecule has 0 saturated carbocycles. The van der Waals surface area contributed by atoms with E-state index in [9.17, 15) is 0 Å². The number of nitrogens with two attached hydrogens (primary N) is 1. The predicted molar refractivity (Wildman–Crippen MR) is 73.7 cm³/mol. The van der Waals surface area contributed by atoms with Gasteiger partial charge in [0.05, 0.1) is 0 Å². The molecule has 0 radical (unpaired) electrons. The van der Waals surface area contributed by atoms with Gasteiger partial charge in [0, 0.05) is 13.6 Å². The lowest BCUT2D eigenvalue weighted by Crippen LogP contribution is -2.39. The van der Waals surface area contributed by atoms with Crippen LogP contribution in [0.3, 0.4) is 0 Å². The third kappa shape index (κ3) is 6.66. The van der Waals surface area contributed by atoms with E-state index in [4.69, 9.17) is 5.73 Å². The Hall–Kier alpha value is -0.380. The first kappa shape index (κ1) is 14.6. The van der Waals surface area contributed by atoms with Crippen LogP contribution in [0.4, 0.5) is 0 Å². The minimum absolute atomic E-state index is 0.251. The van der Waals surface area contributed by atoms with Crippen molar-refractivity contribution in [3.8, 4) is 0 Å². The van der Waals surface area contributed by atoms with E-state index in [1.54, 1.807) is 0 Å². The van der Waals surface area contributed by atoms with E-state index in [2.05, 4.69) is 44.6 Å². The maximum Gasteiger partial charge on any atom is 0.201 e. The van der Waals surface area contributed by atoms with E-state index in [0.717, 1.165) is 12.3 Å². The van der Waals surface area contributed by atoms with Gasteiger partial charge in [-0.1, -0.05) is 27.7 Å². The van der Waals surface area contributed by atoms with Gasteiger partial charge in [-0.3, -0.25) is 0 Å². The third-order valence-electron chi connectivity index (χ3n) is 2.15. The normalized spacial score (nSPS) is 15.3. The first-order chi connectivity index (χ1) is 6.57. The average Bonchev–Trinajstić information content (AvgIpc) is 2.00. The molecule has 0 atom stereocenters. The van der Waals surface area contributed by atoms with Crippen LogP contribution in [0.25, 0.3) is 0 Å². The summed E-state index contributed by atoms with van der Waals surface area (Å²) in [6.45, 7) is 9.70. The van der Waals surface area contributed by atoms with Crippen molar-refractivity contribution in [2.45, 2.75) is 27.7 Å². The summed E-state index contributed by atoms with van der Waals surface area (Å²) in [5, 5.41) is 0. The van der Waals surface area contributed by atoms with E-state index in [0.29, 0.717) is 5.96 Å². The summed E-state index contributed by atoms with van der Waals surface area (Å²) < 4.78 is 4.62. The lowest BCUT2D eigenvalue weighted by atomic mass is 9.96. The second kappa shape index (κ2) is 5.10. The van der Waals surface area contributed by atoms with Gasteiger partial charge in [0.1, 0.15) is 0 Å². The Bertz CT molecular complexity index is 228. The molecule has 0 aliphatic rings. The highest BCUT2D eigenvalue weighted by molar-refractivity contribution is 8.31. The van der Waals surface area contributed by atoms with E-state index in [1.165, 1.54) is 0 Å². The zero-order chi connectivity index (χ0) is 12.3. The van der Waals surface area contributed by atoms with Gasteiger partial charge in [-0.2, -0.15) is 0 Å². The van der Waals surface area contributed by atoms with Crippen molar-refractivity contribution in [2.75, 3.05) is 31.9 Å². The fraction of sp³-hybridized carbons (Fsp3) is 0.909. The van der Waals surface area contributed by atoms with Gasteiger partial charge in [0.15, 0.2) is 0 Å². The molecule has 0 aromatic heterocycles. The van der Waals surface area contributed by atoms with Gasteiger partial charge in [0.2, 0.25) is 5.96 Å². The standard InChI is InChI=1S/C11H27N3S/c1-8-15(6,7)13-10(12)14(5)9-11(2,3)4/h8-9H2,1-7H3,(H2,12,13). The highest BCUT2D eigenvalue weighted by Crippen LogP contribution is 2.40. The van der Waals surface area contributed by atoms with Gasteiger partial charge in [-0.25, -0.2) is 4.40 Å². The highest BCUT2D eigenvalue weighted by Gasteiger charge is 2.16. The lowest BCUT2D eigenvalue weighted by Gasteiger charge is -2.31. The smallest absolute Gasteiger partial charge is 0.201 e. The van der Waals surface area contributed by atoms with Crippen LogP contribution in [0.1, 0.15) is 27.7 Å². The van der Waals surface area contributed by atoms with Gasteiger partial charge in [-0.15, -0.1) is 10.2 Å². The molecule has 0 saturated heterocycles. The quantitative estimate of drug-likeness (QED) is 0.600. The first-order valence-corrected chi connectivity index (χ1v) is 7.92. The van der Waals surface area contributed by atoms with Crippen molar-refractivity contribution in [2.24, 2.45) is 15.5 Å². The molecule has 0 aliphatic carbocycles. The van der Waals surface area contributed by atoms with Crippen molar-refractivity contribution in [1.29, 1.82) is 0 Å². The molecule has 0 unspecified atom stereocenters. The van der Waals surface area contributed by atoms with E-state index >= 15 is 0 Å². The van der Waals surface area contributed by atoms with Crippen molar-refractivity contribution < 1.29 is 0 Å². The molecule has 4 heteroatoms. The van der Waals surface area contributed by atoms with Crippen LogP contribution in [0.5, 0.6) is 0 Å². The Balaban J connectivity index is 4.51. The summed E-state index contributed by atoms with van der Waals surface area (Å²) in [6.07, 6.45) is 4.37. The molecule has 0 aromatic carbocycles. The third-order valence-corrected chi connectivity index (χ3v) is 4.24. The summed E-state index contributed by atoms with van der Waals surface area (Å²) in [7, 11) is 1.11. The maximum absolute atomic E-state index is 5.98. The summed E-state index contributed by atoms with van der Waals surface area (Å²) in [6, 6.07) is 0. The fourth-order valence-electron chi connectivity index (χ4n) is 1.18. The molecule has 0 amide bonds. The molecule has 0 bridgehead atoms. The number of hydrogen-bond acceptors (Lipinski definition) is 1. The van der Waals surface area contributed by atoms with Gasteiger partial charge >= 0.3 is 0 Å². The molecule has 0 fully saturated rings. The number of nitrogens with zero attached hydrogens (tertiary/aromatic N) is 2. The van der Waals surface area contributed by atoms with Gasteiger partial charge < -0.3 is 10.6 Å². The second-order valence-corrected chi connectivity index (χ2v) is 9.35. The molecule has 0 aromatic rings. The Morgan fingerprint density at radius 2 is 1.80 bits per heavy atom. The van der Waals surface area contributed by atoms with Crippen molar-refractivity contribution in [1.82, 2.24) is 4.90 Å². The summed E-state index contributed by atoms with van der Waals surface area (Å²) in [4.78, 5) is 2.05. The minimum atomic E-state index is -0.898. The molecule has 0 heterocycles. The van der Waals surface area contributed by atoms with Crippen LogP contribution in [-0.2, 0) is 0 Å². The summed E-state index contributed by atoms with van der Waals surface area (Å²) in [5.74, 6) is 1.75. The molecule has 0 aliphatic heterocycles. The monoisotopic (exact) mass is 233 g/mol. The molecule has 2 N–H and O–H groups in total. The SMILES string of the molecule is CCS(C)(C)N=C(N)N(C)CC(C)(C)C. The molecule has 0 rings (SSSR count). The summed E-state index contributed by atoms with van der Waals surface area (Å²) in [5.41, 5.74) is 6.23. The van der Waals surface area contributed by atoms with Crippen LogP contribution in [0.15, 0.2) is 4.40 Å². The fourth-order valence-corrected chi connectivity index (χ4v) is 1.95. The van der Waals surface area contributed by atoms with E-state index < -0.39 is 10.2 Å². The van der Waals surface area contributed by atoms with Crippen molar-refractivity contribution >= 4 is 16.2 Å². The lowest BCUT2D eigenvalue weighted by molar-refractivity contribution is 0.304. The first-order valence-electron chi connectivity index (χ1n) is 5.35. The number of guanidine groups is 1. The Morgan fingerprint density at radius 1 is 1.33 bits per heavy atom. The van der Waals surface area contributed by atoms with Gasteiger partial charge in [-0.05, 0) is 23.7 Å². The number of hydrogen-bond donors (Lipinski definition) is 1. The molecule has 15 heavy (non-hydrogen) atoms. The van der Waals surface area contributed by atoms with Crippen LogP contribution in [0, 0.1) is 5.41 Å². The predicted octanol–water partition coefficient (Wildman–Crippen LogP) is 2.28. The summed E-state index contributed by atoms with van der Waals surface area (Å²) >= 11 is 0. The second-order valence-electron chi connectivity index (χ2n) is 5.63. The molecular formula is C11H27N3S. The number of rotatable bonds is 3. The van der Waals surface area contributed by atoms with Crippen LogP contribution in [0.2, 0.25) is 0 Å². The average molecular weight is 233 g/mol. The molecule has 3 nitrogen and oxygen atoms in total. The molecular weight excluding hydrogens is 206 g/mol. The topological polar surface area (TPSA) is 41.6 Å². The highest BCUT2D eigenvalue weighted by atomic mass is 32.3. The largest absolute Gasteiger partial charge is 0.369 e. The Kier molecular flexibility index (Phi) is 4.97. The van der Waals surface area contributed by atoms with Crippen LogP contribution < -0.4 is 5.73 Å². The van der Waals surface area contributed by atoms with Gasteiger partial charge in [0.25, 0.3) is 0 Å². The zero-order valence-electron chi connectivity index (χ0n) is 11.3. The molecule has 0 spiro atoms. The Morgan fingerprint density at radius 3 is 2.13 bits per heavy atom. The van der Waals surface area contributed by atoms with E-state index in [-0.39, 0.29) is 5.41 Å². The van der Waals surface area contributed by atoms with Crippen molar-refractivity contribution in [3.05, 3.63) is 0 Å². The van der Waals surface area contributed by atoms with Crippen molar-refractivity contribution in [3.63, 3.8) is 0 Å². The zero-order valence-corrected chi connectivity index (χ0v) is 12.1.